The van der Waals surface area contributed by atoms with Crippen LogP contribution in [0.1, 0.15) is 17.3 Å². The molecular formula is C24H25F4N7O2. The molecule has 0 fully saturated rings. The van der Waals surface area contributed by atoms with Crippen LogP contribution in [0.15, 0.2) is 57.9 Å². The van der Waals surface area contributed by atoms with Gasteiger partial charge >= 0.3 is 12.2 Å². The van der Waals surface area contributed by atoms with Crippen LogP contribution in [0.2, 0.25) is 0 Å². The Bertz CT molecular complexity index is 1290. The smallest absolute Gasteiger partial charge is 0.416 e. The van der Waals surface area contributed by atoms with E-state index in [0.717, 1.165) is 6.54 Å². The third-order valence-electron chi connectivity index (χ3n) is 5.48. The summed E-state index contributed by atoms with van der Waals surface area (Å²) in [6.07, 6.45) is -3.71. The molecular weight excluding hydrogens is 494 g/mol. The first-order chi connectivity index (χ1) is 17.5. The number of anilines is 4. The normalized spacial score (nSPS) is 15.0. The molecule has 0 radical (unpaired) electrons. The minimum atomic E-state index is -4.67. The number of halogens is 4. The van der Waals surface area contributed by atoms with Crippen molar-refractivity contribution in [2.45, 2.75) is 12.3 Å². The third kappa shape index (κ3) is 6.19. The summed E-state index contributed by atoms with van der Waals surface area (Å²) < 4.78 is 58.2. The van der Waals surface area contributed by atoms with Crippen molar-refractivity contribution in [1.29, 1.82) is 0 Å². The monoisotopic (exact) mass is 519 g/mol. The lowest BCUT2D eigenvalue weighted by Crippen LogP contribution is -2.35. The lowest BCUT2D eigenvalue weighted by Gasteiger charge is -2.28. The van der Waals surface area contributed by atoms with Crippen LogP contribution in [0.4, 0.5) is 51.2 Å². The summed E-state index contributed by atoms with van der Waals surface area (Å²) >= 11 is 0. The zero-order valence-corrected chi connectivity index (χ0v) is 19.9. The van der Waals surface area contributed by atoms with Gasteiger partial charge in [-0.1, -0.05) is 0 Å². The van der Waals surface area contributed by atoms with Crippen LogP contribution in [0.25, 0.3) is 0 Å². The molecule has 2 amide bonds. The van der Waals surface area contributed by atoms with Gasteiger partial charge in [-0.15, -0.1) is 0 Å². The summed E-state index contributed by atoms with van der Waals surface area (Å²) in [6.45, 7) is 1.50. The van der Waals surface area contributed by atoms with Gasteiger partial charge in [0.1, 0.15) is 18.3 Å². The SMILES string of the molecule is CN(C)CCNc1cc2c(o1)N=CN(c1ccc(NC(=O)Nc3cc(C(F)(F)F)ccc3F)cc1)C2N. The molecule has 4 rings (SSSR count). The summed E-state index contributed by atoms with van der Waals surface area (Å²) in [6, 6.07) is 9.15. The molecule has 0 saturated carbocycles. The minimum Gasteiger partial charge on any atom is -0.423 e. The number of likely N-dealkylation sites (N-methyl/N-ethyl adjacent to an activating group) is 1. The van der Waals surface area contributed by atoms with E-state index in [9.17, 15) is 22.4 Å². The van der Waals surface area contributed by atoms with Gasteiger partial charge in [-0.05, 0) is 56.6 Å². The molecule has 0 aliphatic carbocycles. The highest BCUT2D eigenvalue weighted by molar-refractivity contribution is 6.00. The molecule has 1 aromatic heterocycles. The second-order valence-electron chi connectivity index (χ2n) is 8.52. The van der Waals surface area contributed by atoms with E-state index in [2.05, 4.69) is 20.9 Å². The second-order valence-corrected chi connectivity index (χ2v) is 8.52. The fourth-order valence-electron chi connectivity index (χ4n) is 3.56. The van der Waals surface area contributed by atoms with E-state index < -0.39 is 35.4 Å². The quantitative estimate of drug-likeness (QED) is 0.320. The van der Waals surface area contributed by atoms with Crippen LogP contribution in [-0.2, 0) is 6.18 Å². The molecule has 5 N–H and O–H groups in total. The number of hydrogen-bond donors (Lipinski definition) is 4. The maximum Gasteiger partial charge on any atom is 0.416 e. The van der Waals surface area contributed by atoms with Crippen molar-refractivity contribution < 1.29 is 26.8 Å². The number of nitrogens with two attached hydrogens (primary N) is 1. The molecule has 37 heavy (non-hydrogen) atoms. The van der Waals surface area contributed by atoms with Gasteiger partial charge in [0.2, 0.25) is 5.88 Å². The summed E-state index contributed by atoms with van der Waals surface area (Å²) in [5.41, 5.74) is 6.43. The lowest BCUT2D eigenvalue weighted by atomic mass is 10.1. The number of benzene rings is 2. The Morgan fingerprint density at radius 1 is 1.14 bits per heavy atom. The molecule has 0 saturated heterocycles. The number of furan rings is 1. The van der Waals surface area contributed by atoms with Crippen LogP contribution < -0.4 is 26.6 Å². The standard InChI is InChI=1S/C24H25F4N7O2/c1-34(2)10-9-30-20-12-17-21(29)35(13-31-22(17)37-20)16-6-4-15(5-7-16)32-23(36)33-19-11-14(24(26,27)28)3-8-18(19)25/h3-8,11-13,21,30H,9-10,29H2,1-2H3,(H2,32,33,36). The van der Waals surface area contributed by atoms with E-state index in [4.69, 9.17) is 10.2 Å². The van der Waals surface area contributed by atoms with Gasteiger partial charge < -0.3 is 35.9 Å². The molecule has 1 unspecified atom stereocenters. The largest absolute Gasteiger partial charge is 0.423 e. The minimum absolute atomic E-state index is 0.326. The van der Waals surface area contributed by atoms with Crippen LogP contribution in [-0.4, -0.2) is 44.5 Å². The number of carbonyl (C=O) groups is 1. The van der Waals surface area contributed by atoms with Crippen molar-refractivity contribution in [1.82, 2.24) is 4.90 Å². The van der Waals surface area contributed by atoms with Gasteiger partial charge in [-0.3, -0.25) is 0 Å². The van der Waals surface area contributed by atoms with Crippen molar-refractivity contribution in [3.8, 4) is 0 Å². The Morgan fingerprint density at radius 2 is 1.86 bits per heavy atom. The number of urea groups is 1. The topological polar surface area (TPSA) is 111 Å². The molecule has 13 heteroatoms. The lowest BCUT2D eigenvalue weighted by molar-refractivity contribution is -0.137. The van der Waals surface area contributed by atoms with Crippen LogP contribution in [0, 0.1) is 5.82 Å². The van der Waals surface area contributed by atoms with E-state index in [-0.39, 0.29) is 0 Å². The molecule has 0 bridgehead atoms. The van der Waals surface area contributed by atoms with Crippen LogP contribution in [0.5, 0.6) is 0 Å². The van der Waals surface area contributed by atoms with Crippen molar-refractivity contribution in [3.63, 3.8) is 0 Å². The van der Waals surface area contributed by atoms with E-state index in [1.54, 1.807) is 35.2 Å². The molecule has 2 aromatic carbocycles. The average Bonchev–Trinajstić information content (AvgIpc) is 3.24. The number of aliphatic imine (C=N–C) groups is 1. The number of nitrogens with zero attached hydrogens (tertiary/aromatic N) is 3. The second kappa shape index (κ2) is 10.5. The number of fused-ring (bicyclic) bond motifs is 1. The molecule has 1 atom stereocenters. The van der Waals surface area contributed by atoms with Crippen molar-refractivity contribution in [3.05, 3.63) is 65.5 Å². The van der Waals surface area contributed by atoms with Gasteiger partial charge in [0, 0.05) is 30.5 Å². The highest BCUT2D eigenvalue weighted by Crippen LogP contribution is 2.37. The number of amides is 2. The Morgan fingerprint density at radius 3 is 2.54 bits per heavy atom. The highest BCUT2D eigenvalue weighted by Gasteiger charge is 2.31. The fraction of sp³-hybridized carbons (Fsp3) is 0.250. The number of rotatable bonds is 7. The van der Waals surface area contributed by atoms with E-state index >= 15 is 0 Å². The van der Waals surface area contributed by atoms with E-state index in [1.165, 1.54) is 6.34 Å². The van der Waals surface area contributed by atoms with Crippen molar-refractivity contribution >= 4 is 41.2 Å². The average molecular weight is 520 g/mol. The van der Waals surface area contributed by atoms with Crippen molar-refractivity contribution in [2.24, 2.45) is 10.7 Å². The van der Waals surface area contributed by atoms with Crippen molar-refractivity contribution in [2.75, 3.05) is 48.0 Å². The molecule has 1 aliphatic rings. The first-order valence-electron chi connectivity index (χ1n) is 11.2. The fourth-order valence-corrected chi connectivity index (χ4v) is 3.56. The van der Waals surface area contributed by atoms with Gasteiger partial charge in [-0.25, -0.2) is 14.2 Å². The van der Waals surface area contributed by atoms with Crippen LogP contribution in [0.3, 0.4) is 0 Å². The van der Waals surface area contributed by atoms with Gasteiger partial charge in [0.25, 0.3) is 0 Å². The first kappa shape index (κ1) is 26.0. The van der Waals surface area contributed by atoms with Gasteiger partial charge in [0.05, 0.1) is 16.8 Å². The maximum absolute atomic E-state index is 13.9. The summed E-state index contributed by atoms with van der Waals surface area (Å²) in [4.78, 5) is 20.3. The predicted molar refractivity (Wildman–Crippen MR) is 134 cm³/mol. The predicted octanol–water partition coefficient (Wildman–Crippen LogP) is 5.19. The van der Waals surface area contributed by atoms with E-state index in [1.807, 2.05) is 19.0 Å². The van der Waals surface area contributed by atoms with Crippen LogP contribution >= 0.6 is 0 Å². The number of carbonyl (C=O) groups excluding carboxylic acids is 1. The number of nitrogens with one attached hydrogen (secondary N) is 3. The molecule has 2 heterocycles. The first-order valence-corrected chi connectivity index (χ1v) is 11.2. The molecule has 9 nitrogen and oxygen atoms in total. The Balaban J connectivity index is 1.39. The van der Waals surface area contributed by atoms with E-state index in [0.29, 0.717) is 53.5 Å². The maximum atomic E-state index is 13.9. The zero-order valence-electron chi connectivity index (χ0n) is 19.9. The Kier molecular flexibility index (Phi) is 7.36. The van der Waals surface area contributed by atoms with Gasteiger partial charge in [0.15, 0.2) is 5.88 Å². The zero-order chi connectivity index (χ0) is 26.7. The summed E-state index contributed by atoms with van der Waals surface area (Å²) in [5.74, 6) is -0.0245. The summed E-state index contributed by atoms with van der Waals surface area (Å²) in [5, 5.41) is 7.73. The Hall–Kier alpha value is -4.10. The third-order valence-corrected chi connectivity index (χ3v) is 5.48. The number of alkyl halides is 3. The highest BCUT2D eigenvalue weighted by atomic mass is 19.4. The van der Waals surface area contributed by atoms with Gasteiger partial charge in [-0.2, -0.15) is 13.2 Å². The number of hydrogen-bond acceptors (Lipinski definition) is 7. The molecule has 3 aromatic rings. The summed E-state index contributed by atoms with van der Waals surface area (Å²) in [7, 11) is 3.94. The Labute approximate surface area is 209 Å². The molecule has 0 spiro atoms. The molecule has 196 valence electrons. The molecule has 1 aliphatic heterocycles.